The standard InChI is InChI=1S/C15H22N2O/c1-5-17-11-12(9-10-16(2)3)15-13(17)7-6-8-14(15)18-4/h6-8,11H,5,9-10H2,1-4H3. The fraction of sp³-hybridized carbons (Fsp3) is 0.467. The molecule has 0 aliphatic heterocycles. The summed E-state index contributed by atoms with van der Waals surface area (Å²) in [7, 11) is 5.96. The number of fused-ring (bicyclic) bond motifs is 1. The van der Waals surface area contributed by atoms with E-state index < -0.39 is 0 Å². The van der Waals surface area contributed by atoms with Crippen molar-refractivity contribution in [1.82, 2.24) is 9.47 Å². The number of likely N-dealkylation sites (N-methyl/N-ethyl adjacent to an activating group) is 1. The van der Waals surface area contributed by atoms with Crippen molar-refractivity contribution in [3.05, 3.63) is 30.0 Å². The molecule has 1 aromatic carbocycles. The molecular weight excluding hydrogens is 224 g/mol. The van der Waals surface area contributed by atoms with Crippen LogP contribution >= 0.6 is 0 Å². The minimum absolute atomic E-state index is 0.980. The van der Waals surface area contributed by atoms with Gasteiger partial charge in [-0.25, -0.2) is 0 Å². The lowest BCUT2D eigenvalue weighted by molar-refractivity contribution is 0.411. The molecule has 1 aromatic heterocycles. The first-order valence-corrected chi connectivity index (χ1v) is 6.46. The number of rotatable bonds is 5. The zero-order valence-corrected chi connectivity index (χ0v) is 11.7. The van der Waals surface area contributed by atoms with E-state index in [1.54, 1.807) is 7.11 Å². The largest absolute Gasteiger partial charge is 0.496 e. The second-order valence-corrected chi connectivity index (χ2v) is 4.85. The number of benzene rings is 1. The number of hydrogen-bond donors (Lipinski definition) is 0. The Kier molecular flexibility index (Phi) is 3.92. The highest BCUT2D eigenvalue weighted by atomic mass is 16.5. The predicted molar refractivity (Wildman–Crippen MR) is 76.4 cm³/mol. The first-order chi connectivity index (χ1) is 8.67. The van der Waals surface area contributed by atoms with Crippen molar-refractivity contribution in [3.63, 3.8) is 0 Å². The molecule has 0 atom stereocenters. The summed E-state index contributed by atoms with van der Waals surface area (Å²) in [5.41, 5.74) is 2.64. The van der Waals surface area contributed by atoms with E-state index in [4.69, 9.17) is 4.74 Å². The van der Waals surface area contributed by atoms with E-state index >= 15 is 0 Å². The minimum Gasteiger partial charge on any atom is -0.496 e. The van der Waals surface area contributed by atoms with Gasteiger partial charge in [-0.3, -0.25) is 0 Å². The van der Waals surface area contributed by atoms with Crippen LogP contribution in [0.2, 0.25) is 0 Å². The molecule has 3 heteroatoms. The van der Waals surface area contributed by atoms with E-state index in [9.17, 15) is 0 Å². The molecule has 0 aliphatic carbocycles. The zero-order valence-electron chi connectivity index (χ0n) is 11.7. The van der Waals surface area contributed by atoms with Crippen LogP contribution in [0.25, 0.3) is 10.9 Å². The Hall–Kier alpha value is -1.48. The molecule has 0 fully saturated rings. The van der Waals surface area contributed by atoms with Crippen molar-refractivity contribution in [3.8, 4) is 5.75 Å². The summed E-state index contributed by atoms with van der Waals surface area (Å²) < 4.78 is 7.80. The average molecular weight is 246 g/mol. The van der Waals surface area contributed by atoms with Crippen molar-refractivity contribution < 1.29 is 4.74 Å². The lowest BCUT2D eigenvalue weighted by Crippen LogP contribution is -2.14. The number of aromatic nitrogens is 1. The molecule has 0 saturated heterocycles. The molecule has 0 saturated carbocycles. The third-order valence-corrected chi connectivity index (χ3v) is 3.34. The second kappa shape index (κ2) is 5.44. The van der Waals surface area contributed by atoms with Gasteiger partial charge >= 0.3 is 0 Å². The van der Waals surface area contributed by atoms with E-state index in [0.29, 0.717) is 0 Å². The van der Waals surface area contributed by atoms with Crippen LogP contribution in [0.15, 0.2) is 24.4 Å². The fourth-order valence-corrected chi connectivity index (χ4v) is 2.37. The van der Waals surface area contributed by atoms with Crippen molar-refractivity contribution in [2.45, 2.75) is 19.9 Å². The van der Waals surface area contributed by atoms with Crippen LogP contribution < -0.4 is 4.74 Å². The van der Waals surface area contributed by atoms with Crippen LogP contribution in [0.4, 0.5) is 0 Å². The molecule has 98 valence electrons. The first kappa shape index (κ1) is 13.0. The normalized spacial score (nSPS) is 11.4. The molecule has 0 aliphatic rings. The van der Waals surface area contributed by atoms with Crippen LogP contribution in [0.3, 0.4) is 0 Å². The zero-order chi connectivity index (χ0) is 13.1. The maximum atomic E-state index is 5.51. The van der Waals surface area contributed by atoms with E-state index in [1.807, 2.05) is 6.07 Å². The highest BCUT2D eigenvalue weighted by molar-refractivity contribution is 5.90. The van der Waals surface area contributed by atoms with Crippen LogP contribution in [-0.2, 0) is 13.0 Å². The van der Waals surface area contributed by atoms with E-state index in [1.165, 1.54) is 16.5 Å². The molecule has 3 nitrogen and oxygen atoms in total. The third kappa shape index (κ3) is 2.36. The van der Waals surface area contributed by atoms with Crippen LogP contribution in [-0.4, -0.2) is 37.2 Å². The maximum absolute atomic E-state index is 5.51. The van der Waals surface area contributed by atoms with Gasteiger partial charge < -0.3 is 14.2 Å². The molecule has 0 radical (unpaired) electrons. The monoisotopic (exact) mass is 246 g/mol. The number of aryl methyl sites for hydroxylation is 1. The van der Waals surface area contributed by atoms with Crippen molar-refractivity contribution in [2.75, 3.05) is 27.7 Å². The molecule has 0 N–H and O–H groups in total. The van der Waals surface area contributed by atoms with Gasteiger partial charge in [-0.05, 0) is 45.1 Å². The second-order valence-electron chi connectivity index (χ2n) is 4.85. The number of ether oxygens (including phenoxy) is 1. The van der Waals surface area contributed by atoms with Gasteiger partial charge in [0.25, 0.3) is 0 Å². The van der Waals surface area contributed by atoms with Crippen molar-refractivity contribution >= 4 is 10.9 Å². The molecule has 0 unspecified atom stereocenters. The Morgan fingerprint density at radius 2 is 2.06 bits per heavy atom. The fourth-order valence-electron chi connectivity index (χ4n) is 2.37. The molecule has 1 heterocycles. The molecule has 0 amide bonds. The van der Waals surface area contributed by atoms with Gasteiger partial charge in [-0.1, -0.05) is 6.07 Å². The summed E-state index contributed by atoms with van der Waals surface area (Å²) in [6.45, 7) is 4.22. The Labute approximate surface area is 109 Å². The summed E-state index contributed by atoms with van der Waals surface area (Å²) in [6, 6.07) is 6.27. The number of nitrogens with zero attached hydrogens (tertiary/aromatic N) is 2. The molecule has 0 bridgehead atoms. The smallest absolute Gasteiger partial charge is 0.128 e. The molecule has 18 heavy (non-hydrogen) atoms. The quantitative estimate of drug-likeness (QED) is 0.807. The molecule has 0 spiro atoms. The van der Waals surface area contributed by atoms with E-state index in [-0.39, 0.29) is 0 Å². The summed E-state index contributed by atoms with van der Waals surface area (Å²) in [5, 5.41) is 1.27. The van der Waals surface area contributed by atoms with Crippen LogP contribution in [0.1, 0.15) is 12.5 Å². The maximum Gasteiger partial charge on any atom is 0.128 e. The van der Waals surface area contributed by atoms with Crippen LogP contribution in [0, 0.1) is 0 Å². The average Bonchev–Trinajstić information content (AvgIpc) is 2.74. The van der Waals surface area contributed by atoms with Gasteiger partial charge in [0.2, 0.25) is 0 Å². The van der Waals surface area contributed by atoms with Gasteiger partial charge in [0.1, 0.15) is 5.75 Å². The Bertz CT molecular complexity index is 529. The third-order valence-electron chi connectivity index (χ3n) is 3.34. The van der Waals surface area contributed by atoms with Gasteiger partial charge in [-0.2, -0.15) is 0 Å². The lowest BCUT2D eigenvalue weighted by atomic mass is 10.1. The van der Waals surface area contributed by atoms with Crippen molar-refractivity contribution in [1.29, 1.82) is 0 Å². The predicted octanol–water partition coefficient (Wildman–Crippen LogP) is 2.77. The summed E-state index contributed by atoms with van der Waals surface area (Å²) in [5.74, 6) is 0.980. The summed E-state index contributed by atoms with van der Waals surface area (Å²) in [4.78, 5) is 2.21. The number of hydrogen-bond acceptors (Lipinski definition) is 2. The first-order valence-electron chi connectivity index (χ1n) is 6.46. The molecular formula is C15H22N2O. The van der Waals surface area contributed by atoms with E-state index in [2.05, 4.69) is 48.8 Å². The van der Waals surface area contributed by atoms with Crippen molar-refractivity contribution in [2.24, 2.45) is 0 Å². The minimum atomic E-state index is 0.980. The molecule has 2 rings (SSSR count). The lowest BCUT2D eigenvalue weighted by Gasteiger charge is -2.09. The topological polar surface area (TPSA) is 17.4 Å². The van der Waals surface area contributed by atoms with Gasteiger partial charge in [0.15, 0.2) is 0 Å². The van der Waals surface area contributed by atoms with Crippen LogP contribution in [0.5, 0.6) is 5.75 Å². The van der Waals surface area contributed by atoms with Gasteiger partial charge in [-0.15, -0.1) is 0 Å². The highest BCUT2D eigenvalue weighted by Gasteiger charge is 2.12. The van der Waals surface area contributed by atoms with Gasteiger partial charge in [0.05, 0.1) is 12.6 Å². The van der Waals surface area contributed by atoms with E-state index in [0.717, 1.165) is 25.3 Å². The highest BCUT2D eigenvalue weighted by Crippen LogP contribution is 2.30. The Morgan fingerprint density at radius 1 is 1.28 bits per heavy atom. The Morgan fingerprint density at radius 3 is 2.67 bits per heavy atom. The SMILES string of the molecule is CCn1cc(CCN(C)C)c2c(OC)cccc21. The molecule has 2 aromatic rings. The van der Waals surface area contributed by atoms with Gasteiger partial charge in [0, 0.05) is 24.7 Å². The summed E-state index contributed by atoms with van der Waals surface area (Å²) >= 11 is 0. The summed E-state index contributed by atoms with van der Waals surface area (Å²) in [6.07, 6.45) is 3.31. The Balaban J connectivity index is 2.50. The number of methoxy groups -OCH3 is 1.